The lowest BCUT2D eigenvalue weighted by molar-refractivity contribution is 0.688. The summed E-state index contributed by atoms with van der Waals surface area (Å²) in [5.41, 5.74) is 7.11. The van der Waals surface area contributed by atoms with Crippen LogP contribution in [0.2, 0.25) is 0 Å². The van der Waals surface area contributed by atoms with E-state index in [-0.39, 0.29) is 0 Å². The number of hydrogen-bond donors (Lipinski definition) is 1. The lowest BCUT2D eigenvalue weighted by atomic mass is 9.97. The van der Waals surface area contributed by atoms with E-state index in [1.54, 1.807) is 0 Å². The van der Waals surface area contributed by atoms with Crippen LogP contribution in [-0.2, 0) is 0 Å². The van der Waals surface area contributed by atoms with Crippen molar-refractivity contribution in [1.29, 1.82) is 0 Å². The molecule has 0 radical (unpaired) electrons. The van der Waals surface area contributed by atoms with Crippen LogP contribution in [0.4, 0.5) is 0 Å². The van der Waals surface area contributed by atoms with E-state index in [1.165, 1.54) is 23.5 Å². The van der Waals surface area contributed by atoms with Gasteiger partial charge in [-0.2, -0.15) is 11.8 Å². The van der Waals surface area contributed by atoms with Crippen molar-refractivity contribution in [3.05, 3.63) is 11.6 Å². The van der Waals surface area contributed by atoms with E-state index >= 15 is 0 Å². The van der Waals surface area contributed by atoms with E-state index in [4.69, 9.17) is 5.73 Å². The summed E-state index contributed by atoms with van der Waals surface area (Å²) in [5, 5.41) is 0. The normalized spacial score (nSPS) is 25.3. The largest absolute Gasteiger partial charge is 0.327 e. The zero-order valence-electron chi connectivity index (χ0n) is 8.05. The number of nitrogens with two attached hydrogens (primary N) is 1. The van der Waals surface area contributed by atoms with Crippen molar-refractivity contribution in [2.24, 2.45) is 17.6 Å². The SMILES string of the molecule is CC(C)C(=CC1CCSC1)CN. The first-order valence-electron chi connectivity index (χ1n) is 4.72. The second-order valence-corrected chi connectivity index (χ2v) is 4.87. The molecule has 1 rings (SSSR count). The lowest BCUT2D eigenvalue weighted by Crippen LogP contribution is -2.10. The molecule has 0 aliphatic carbocycles. The summed E-state index contributed by atoms with van der Waals surface area (Å²) in [6, 6.07) is 0. The molecule has 1 aliphatic heterocycles. The fourth-order valence-corrected chi connectivity index (χ4v) is 2.68. The second kappa shape index (κ2) is 4.93. The number of rotatable bonds is 3. The summed E-state index contributed by atoms with van der Waals surface area (Å²) in [5.74, 6) is 4.06. The summed E-state index contributed by atoms with van der Waals surface area (Å²) in [6.45, 7) is 5.18. The Balaban J connectivity index is 2.50. The van der Waals surface area contributed by atoms with Crippen molar-refractivity contribution in [1.82, 2.24) is 0 Å². The second-order valence-electron chi connectivity index (χ2n) is 3.72. The van der Waals surface area contributed by atoms with Crippen LogP contribution in [0.5, 0.6) is 0 Å². The molecular formula is C10H19NS. The van der Waals surface area contributed by atoms with Gasteiger partial charge in [-0.3, -0.25) is 0 Å². The third-order valence-electron chi connectivity index (χ3n) is 2.39. The molecule has 1 unspecified atom stereocenters. The summed E-state index contributed by atoms with van der Waals surface area (Å²) in [6.07, 6.45) is 3.76. The highest BCUT2D eigenvalue weighted by molar-refractivity contribution is 7.99. The maximum absolute atomic E-state index is 5.68. The van der Waals surface area contributed by atoms with Crippen LogP contribution in [0.15, 0.2) is 11.6 Å². The van der Waals surface area contributed by atoms with Crippen molar-refractivity contribution in [2.45, 2.75) is 20.3 Å². The Morgan fingerprint density at radius 3 is 2.83 bits per heavy atom. The van der Waals surface area contributed by atoms with Crippen LogP contribution in [0.3, 0.4) is 0 Å². The highest BCUT2D eigenvalue weighted by Gasteiger charge is 2.14. The molecule has 0 aromatic carbocycles. The minimum absolute atomic E-state index is 0.626. The molecule has 1 nitrogen and oxygen atoms in total. The van der Waals surface area contributed by atoms with Gasteiger partial charge in [-0.05, 0) is 29.8 Å². The molecule has 1 saturated heterocycles. The van der Waals surface area contributed by atoms with E-state index in [0.717, 1.165) is 12.5 Å². The topological polar surface area (TPSA) is 26.0 Å². The van der Waals surface area contributed by atoms with Crippen molar-refractivity contribution < 1.29 is 0 Å². The van der Waals surface area contributed by atoms with Crippen molar-refractivity contribution in [2.75, 3.05) is 18.1 Å². The molecule has 0 bridgehead atoms. The molecule has 70 valence electrons. The molecule has 0 amide bonds. The molecule has 1 atom stereocenters. The molecule has 1 aliphatic rings. The number of allylic oxidation sites excluding steroid dienone is 1. The number of thioether (sulfide) groups is 1. The van der Waals surface area contributed by atoms with Crippen LogP contribution in [0.25, 0.3) is 0 Å². The molecule has 1 fully saturated rings. The van der Waals surface area contributed by atoms with Crippen LogP contribution >= 0.6 is 11.8 Å². The Kier molecular flexibility index (Phi) is 4.16. The van der Waals surface area contributed by atoms with Crippen molar-refractivity contribution in [3.8, 4) is 0 Å². The first-order chi connectivity index (χ1) is 5.74. The van der Waals surface area contributed by atoms with Crippen molar-refractivity contribution in [3.63, 3.8) is 0 Å². The predicted molar refractivity (Wildman–Crippen MR) is 57.4 cm³/mol. The minimum Gasteiger partial charge on any atom is -0.327 e. The molecule has 0 aromatic rings. The van der Waals surface area contributed by atoms with Gasteiger partial charge in [0.15, 0.2) is 0 Å². The molecule has 1 heterocycles. The Morgan fingerprint density at radius 1 is 1.67 bits per heavy atom. The lowest BCUT2D eigenvalue weighted by Gasteiger charge is -2.11. The Bertz CT molecular complexity index is 157. The minimum atomic E-state index is 0.626. The molecule has 12 heavy (non-hydrogen) atoms. The fraction of sp³-hybridized carbons (Fsp3) is 0.800. The smallest absolute Gasteiger partial charge is 0.0139 e. The van der Waals surface area contributed by atoms with Crippen molar-refractivity contribution >= 4 is 11.8 Å². The predicted octanol–water partition coefficient (Wildman–Crippen LogP) is 2.28. The molecular weight excluding hydrogens is 166 g/mol. The summed E-state index contributed by atoms with van der Waals surface area (Å²) >= 11 is 2.06. The van der Waals surface area contributed by atoms with Gasteiger partial charge in [0.2, 0.25) is 0 Å². The van der Waals surface area contributed by atoms with Crippen LogP contribution in [0.1, 0.15) is 20.3 Å². The third-order valence-corrected chi connectivity index (χ3v) is 3.58. The zero-order valence-corrected chi connectivity index (χ0v) is 8.86. The Morgan fingerprint density at radius 2 is 2.42 bits per heavy atom. The molecule has 0 saturated carbocycles. The quantitative estimate of drug-likeness (QED) is 0.683. The number of hydrogen-bond acceptors (Lipinski definition) is 2. The first-order valence-corrected chi connectivity index (χ1v) is 5.88. The van der Waals surface area contributed by atoms with Gasteiger partial charge in [0, 0.05) is 6.54 Å². The molecule has 0 aromatic heterocycles. The average molecular weight is 185 g/mol. The summed E-state index contributed by atoms with van der Waals surface area (Å²) in [4.78, 5) is 0. The van der Waals surface area contributed by atoms with Crippen LogP contribution < -0.4 is 5.73 Å². The summed E-state index contributed by atoms with van der Waals surface area (Å²) in [7, 11) is 0. The van der Waals surface area contributed by atoms with Crippen LogP contribution in [0, 0.1) is 11.8 Å². The highest BCUT2D eigenvalue weighted by Crippen LogP contribution is 2.26. The fourth-order valence-electron chi connectivity index (χ4n) is 1.48. The van der Waals surface area contributed by atoms with Gasteiger partial charge in [0.25, 0.3) is 0 Å². The van der Waals surface area contributed by atoms with Gasteiger partial charge < -0.3 is 5.73 Å². The molecule has 2 N–H and O–H groups in total. The van der Waals surface area contributed by atoms with Gasteiger partial charge in [-0.15, -0.1) is 0 Å². The zero-order chi connectivity index (χ0) is 8.97. The maximum Gasteiger partial charge on any atom is 0.0139 e. The van der Waals surface area contributed by atoms with E-state index in [9.17, 15) is 0 Å². The molecule has 2 heteroatoms. The van der Waals surface area contributed by atoms with Gasteiger partial charge in [-0.25, -0.2) is 0 Å². The van der Waals surface area contributed by atoms with Gasteiger partial charge in [0.1, 0.15) is 0 Å². The first kappa shape index (κ1) is 10.1. The third kappa shape index (κ3) is 2.83. The Hall–Kier alpha value is 0.0500. The van der Waals surface area contributed by atoms with Gasteiger partial charge >= 0.3 is 0 Å². The average Bonchev–Trinajstić information content (AvgIpc) is 2.51. The van der Waals surface area contributed by atoms with E-state index in [0.29, 0.717) is 5.92 Å². The highest BCUT2D eigenvalue weighted by atomic mass is 32.2. The maximum atomic E-state index is 5.68. The summed E-state index contributed by atoms with van der Waals surface area (Å²) < 4.78 is 0. The standard InChI is InChI=1S/C10H19NS/c1-8(2)10(6-11)5-9-3-4-12-7-9/h5,8-9H,3-4,6-7,11H2,1-2H3. The van der Waals surface area contributed by atoms with Crippen LogP contribution in [-0.4, -0.2) is 18.1 Å². The van der Waals surface area contributed by atoms with Gasteiger partial charge in [0.05, 0.1) is 0 Å². The van der Waals surface area contributed by atoms with E-state index in [2.05, 4.69) is 31.7 Å². The van der Waals surface area contributed by atoms with E-state index in [1.807, 2.05) is 0 Å². The monoisotopic (exact) mass is 185 g/mol. The van der Waals surface area contributed by atoms with Gasteiger partial charge in [-0.1, -0.05) is 25.5 Å². The van der Waals surface area contributed by atoms with E-state index < -0.39 is 0 Å². The Labute approximate surface area is 79.8 Å². The molecule has 0 spiro atoms.